The first-order valence-corrected chi connectivity index (χ1v) is 14.5. The highest BCUT2D eigenvalue weighted by Gasteiger charge is 2.20. The minimum absolute atomic E-state index is 0.930. The van der Waals surface area contributed by atoms with Crippen LogP contribution >= 0.6 is 0 Å². The number of hydrogen-bond donors (Lipinski definition) is 0. The molecule has 9 aromatic rings. The Hall–Kier alpha value is -5.40. The molecular formula is C41H26O. The summed E-state index contributed by atoms with van der Waals surface area (Å²) in [5, 5.41) is 12.2. The highest BCUT2D eigenvalue weighted by atomic mass is 16.3. The number of benzene rings is 8. The lowest BCUT2D eigenvalue weighted by atomic mass is 9.84. The maximum atomic E-state index is 6.50. The smallest absolute Gasteiger partial charge is 0.143 e. The van der Waals surface area contributed by atoms with Gasteiger partial charge in [0.05, 0.1) is 0 Å². The molecule has 0 unspecified atom stereocenters. The van der Waals surface area contributed by atoms with Crippen molar-refractivity contribution in [3.63, 3.8) is 0 Å². The maximum Gasteiger partial charge on any atom is 0.143 e. The fourth-order valence-corrected chi connectivity index (χ4v) is 6.99. The van der Waals surface area contributed by atoms with Crippen molar-refractivity contribution in [2.24, 2.45) is 0 Å². The molecule has 0 radical (unpaired) electrons. The molecule has 0 saturated carbocycles. The molecule has 0 amide bonds. The summed E-state index contributed by atoms with van der Waals surface area (Å²) in [5.74, 6) is 0. The van der Waals surface area contributed by atoms with E-state index in [9.17, 15) is 0 Å². The van der Waals surface area contributed by atoms with Gasteiger partial charge in [0, 0.05) is 16.2 Å². The van der Waals surface area contributed by atoms with E-state index in [1.807, 2.05) is 0 Å². The number of aryl methyl sites for hydroxylation is 1. The molecule has 0 N–H and O–H groups in total. The summed E-state index contributed by atoms with van der Waals surface area (Å²) >= 11 is 0. The van der Waals surface area contributed by atoms with E-state index in [0.29, 0.717) is 0 Å². The molecule has 9 rings (SSSR count). The van der Waals surface area contributed by atoms with E-state index in [1.165, 1.54) is 70.9 Å². The second-order valence-electron chi connectivity index (χ2n) is 11.4. The molecule has 1 aromatic heterocycles. The molecule has 1 heteroatoms. The average Bonchev–Trinajstić information content (AvgIpc) is 3.41. The second-order valence-corrected chi connectivity index (χ2v) is 11.4. The molecule has 0 atom stereocenters. The van der Waals surface area contributed by atoms with Crippen molar-refractivity contribution in [1.82, 2.24) is 0 Å². The molecule has 0 saturated heterocycles. The first-order chi connectivity index (χ1) is 20.7. The van der Waals surface area contributed by atoms with Gasteiger partial charge in [0.2, 0.25) is 0 Å². The van der Waals surface area contributed by atoms with Crippen molar-refractivity contribution >= 4 is 65.0 Å². The molecule has 196 valence electrons. The van der Waals surface area contributed by atoms with E-state index in [2.05, 4.69) is 146 Å². The number of rotatable bonds is 2. The number of hydrogen-bond acceptors (Lipinski definition) is 1. The zero-order valence-corrected chi connectivity index (χ0v) is 23.2. The van der Waals surface area contributed by atoms with Crippen LogP contribution in [0, 0.1) is 6.92 Å². The van der Waals surface area contributed by atoms with Crippen LogP contribution in [0.2, 0.25) is 0 Å². The summed E-state index contributed by atoms with van der Waals surface area (Å²) < 4.78 is 6.50. The summed E-state index contributed by atoms with van der Waals surface area (Å²) in [5.41, 5.74) is 8.14. The Kier molecular flexibility index (Phi) is 4.88. The van der Waals surface area contributed by atoms with Gasteiger partial charge in [-0.05, 0) is 91.1 Å². The van der Waals surface area contributed by atoms with Crippen LogP contribution in [0.15, 0.2) is 144 Å². The Bertz CT molecular complexity index is 2470. The SMILES string of the molecule is Cc1ccc2oc3c4ccccc4c(-c4c5ccccc5c(-c5ccc6ccccc6c5)c5ccccc45)cc3c2c1. The molecule has 8 aromatic carbocycles. The summed E-state index contributed by atoms with van der Waals surface area (Å²) in [4.78, 5) is 0. The standard InChI is InChI=1S/C41H26O/c1-25-18-21-38-35(22-25)37-24-36(29-12-4-9-17-34(29)41(37)42-38)40-32-15-7-5-13-30(32)39(31-14-6-8-16-33(31)40)28-20-19-26-10-2-3-11-27(26)23-28/h2-24H,1H3. The Morgan fingerprint density at radius 1 is 0.405 bits per heavy atom. The van der Waals surface area contributed by atoms with Gasteiger partial charge in [-0.15, -0.1) is 0 Å². The van der Waals surface area contributed by atoms with Crippen LogP contribution in [0.25, 0.3) is 87.3 Å². The normalized spacial score (nSPS) is 11.9. The van der Waals surface area contributed by atoms with Crippen LogP contribution in [0.5, 0.6) is 0 Å². The quantitative estimate of drug-likeness (QED) is 0.201. The number of fused-ring (bicyclic) bond motifs is 8. The van der Waals surface area contributed by atoms with Crippen LogP contribution < -0.4 is 0 Å². The Morgan fingerprint density at radius 3 is 1.71 bits per heavy atom. The van der Waals surface area contributed by atoms with Gasteiger partial charge < -0.3 is 4.42 Å². The molecule has 0 fully saturated rings. The Balaban J connectivity index is 1.46. The minimum atomic E-state index is 0.930. The Labute approximate surface area is 243 Å². The molecule has 0 bridgehead atoms. The van der Waals surface area contributed by atoms with Crippen molar-refractivity contribution in [1.29, 1.82) is 0 Å². The van der Waals surface area contributed by atoms with Crippen LogP contribution in [0.1, 0.15) is 5.56 Å². The Morgan fingerprint density at radius 2 is 1.00 bits per heavy atom. The monoisotopic (exact) mass is 534 g/mol. The molecule has 1 nitrogen and oxygen atoms in total. The van der Waals surface area contributed by atoms with Crippen LogP contribution in [0.4, 0.5) is 0 Å². The molecule has 0 aliphatic heterocycles. The first kappa shape index (κ1) is 23.3. The fourth-order valence-electron chi connectivity index (χ4n) is 6.99. The third-order valence-corrected chi connectivity index (χ3v) is 8.87. The summed E-state index contributed by atoms with van der Waals surface area (Å²) in [6, 6.07) is 50.8. The maximum absolute atomic E-state index is 6.50. The van der Waals surface area contributed by atoms with Crippen molar-refractivity contribution in [2.75, 3.05) is 0 Å². The van der Waals surface area contributed by atoms with Gasteiger partial charge in [-0.1, -0.05) is 121 Å². The van der Waals surface area contributed by atoms with E-state index in [1.54, 1.807) is 0 Å². The van der Waals surface area contributed by atoms with Crippen LogP contribution in [-0.2, 0) is 0 Å². The molecule has 0 aliphatic carbocycles. The van der Waals surface area contributed by atoms with Crippen molar-refractivity contribution in [3.8, 4) is 22.3 Å². The second kappa shape index (κ2) is 8.80. The molecule has 42 heavy (non-hydrogen) atoms. The highest BCUT2D eigenvalue weighted by molar-refractivity contribution is 6.27. The van der Waals surface area contributed by atoms with E-state index >= 15 is 0 Å². The summed E-state index contributed by atoms with van der Waals surface area (Å²) in [7, 11) is 0. The average molecular weight is 535 g/mol. The third kappa shape index (κ3) is 3.31. The fraction of sp³-hybridized carbons (Fsp3) is 0.0244. The van der Waals surface area contributed by atoms with Gasteiger partial charge in [0.1, 0.15) is 11.2 Å². The van der Waals surface area contributed by atoms with Gasteiger partial charge in [-0.3, -0.25) is 0 Å². The first-order valence-electron chi connectivity index (χ1n) is 14.5. The molecule has 0 aliphatic rings. The van der Waals surface area contributed by atoms with Gasteiger partial charge in [0.15, 0.2) is 0 Å². The zero-order valence-electron chi connectivity index (χ0n) is 23.2. The van der Waals surface area contributed by atoms with Crippen molar-refractivity contribution < 1.29 is 4.42 Å². The lowest BCUT2D eigenvalue weighted by Crippen LogP contribution is -1.92. The molecule has 1 heterocycles. The minimum Gasteiger partial charge on any atom is -0.455 e. The van der Waals surface area contributed by atoms with E-state index in [4.69, 9.17) is 4.42 Å². The molecule has 0 spiro atoms. The predicted octanol–water partition coefficient (Wildman–Crippen LogP) is 11.8. The van der Waals surface area contributed by atoms with Gasteiger partial charge in [-0.25, -0.2) is 0 Å². The van der Waals surface area contributed by atoms with Crippen molar-refractivity contribution in [3.05, 3.63) is 145 Å². The van der Waals surface area contributed by atoms with Crippen LogP contribution in [-0.4, -0.2) is 0 Å². The lowest BCUT2D eigenvalue weighted by molar-refractivity contribution is 0.672. The number of furan rings is 1. The predicted molar refractivity (Wildman–Crippen MR) is 179 cm³/mol. The largest absolute Gasteiger partial charge is 0.455 e. The summed E-state index contributed by atoms with van der Waals surface area (Å²) in [6.07, 6.45) is 0. The van der Waals surface area contributed by atoms with Crippen LogP contribution in [0.3, 0.4) is 0 Å². The lowest BCUT2D eigenvalue weighted by Gasteiger charge is -2.19. The van der Waals surface area contributed by atoms with Gasteiger partial charge >= 0.3 is 0 Å². The third-order valence-electron chi connectivity index (χ3n) is 8.87. The summed E-state index contributed by atoms with van der Waals surface area (Å²) in [6.45, 7) is 2.15. The topological polar surface area (TPSA) is 13.1 Å². The van der Waals surface area contributed by atoms with Gasteiger partial charge in [-0.2, -0.15) is 0 Å². The molecular weight excluding hydrogens is 508 g/mol. The van der Waals surface area contributed by atoms with Gasteiger partial charge in [0.25, 0.3) is 0 Å². The van der Waals surface area contributed by atoms with E-state index in [0.717, 1.165) is 21.9 Å². The van der Waals surface area contributed by atoms with Crippen molar-refractivity contribution in [2.45, 2.75) is 6.92 Å². The van der Waals surface area contributed by atoms with E-state index < -0.39 is 0 Å². The van der Waals surface area contributed by atoms with E-state index in [-0.39, 0.29) is 0 Å². The zero-order chi connectivity index (χ0) is 27.8. The highest BCUT2D eigenvalue weighted by Crippen LogP contribution is 2.47.